The summed E-state index contributed by atoms with van der Waals surface area (Å²) in [7, 11) is 0. The maximum atomic E-state index is 10.8. The zero-order valence-corrected chi connectivity index (χ0v) is 9.35. The van der Waals surface area contributed by atoms with Gasteiger partial charge in [-0.05, 0) is 19.8 Å². The number of aliphatic hydroxyl groups is 1. The van der Waals surface area contributed by atoms with Crippen molar-refractivity contribution in [3.63, 3.8) is 0 Å². The molecule has 5 heteroatoms. The van der Waals surface area contributed by atoms with E-state index in [-0.39, 0.29) is 12.0 Å². The highest BCUT2D eigenvalue weighted by atomic mass is 16.4. The van der Waals surface area contributed by atoms with E-state index >= 15 is 0 Å². The molecule has 16 heavy (non-hydrogen) atoms. The molecule has 5 nitrogen and oxygen atoms in total. The highest BCUT2D eigenvalue weighted by Crippen LogP contribution is 2.18. The summed E-state index contributed by atoms with van der Waals surface area (Å²) in [5.41, 5.74) is -0.287. The van der Waals surface area contributed by atoms with Gasteiger partial charge in [0, 0.05) is 5.57 Å². The van der Waals surface area contributed by atoms with Crippen LogP contribution in [-0.4, -0.2) is 33.4 Å². The number of rotatable bonds is 8. The predicted octanol–water partition coefficient (Wildman–Crippen LogP) is 1.27. The molecule has 0 aliphatic rings. The van der Waals surface area contributed by atoms with Crippen LogP contribution in [0.15, 0.2) is 12.2 Å². The minimum Gasteiger partial charge on any atom is -0.481 e. The van der Waals surface area contributed by atoms with Gasteiger partial charge in [0.25, 0.3) is 0 Å². The van der Waals surface area contributed by atoms with E-state index in [0.29, 0.717) is 19.3 Å². The number of carbonyl (C=O) groups is 2. The van der Waals surface area contributed by atoms with Crippen molar-refractivity contribution in [1.82, 2.24) is 0 Å². The average molecular weight is 230 g/mol. The van der Waals surface area contributed by atoms with Crippen molar-refractivity contribution in [1.29, 1.82) is 0 Å². The Hall–Kier alpha value is -1.36. The zero-order valence-electron chi connectivity index (χ0n) is 9.35. The van der Waals surface area contributed by atoms with Crippen LogP contribution >= 0.6 is 0 Å². The third-order valence-corrected chi connectivity index (χ3v) is 2.36. The molecule has 0 aliphatic carbocycles. The van der Waals surface area contributed by atoms with Crippen LogP contribution < -0.4 is 0 Å². The van der Waals surface area contributed by atoms with Gasteiger partial charge in [-0.15, -0.1) is 0 Å². The fourth-order valence-electron chi connectivity index (χ4n) is 1.38. The number of aliphatic hydroxyl groups excluding tert-OH is 1. The highest BCUT2D eigenvalue weighted by molar-refractivity contribution is 5.93. The van der Waals surface area contributed by atoms with Crippen LogP contribution in [0.2, 0.25) is 0 Å². The van der Waals surface area contributed by atoms with Gasteiger partial charge in [0.2, 0.25) is 0 Å². The Bertz CT molecular complexity index is 270. The molecule has 0 aromatic heterocycles. The van der Waals surface area contributed by atoms with E-state index in [1.54, 1.807) is 6.92 Å². The molecule has 0 amide bonds. The van der Waals surface area contributed by atoms with E-state index < -0.39 is 24.0 Å². The number of hydrogen-bond acceptors (Lipinski definition) is 3. The summed E-state index contributed by atoms with van der Waals surface area (Å²) >= 11 is 0. The number of carboxylic acids is 2. The molecule has 0 saturated carbocycles. The quantitative estimate of drug-likeness (QED) is 0.431. The molecule has 92 valence electrons. The molecule has 3 N–H and O–H groups in total. The topological polar surface area (TPSA) is 94.8 Å². The molecule has 0 fully saturated rings. The van der Waals surface area contributed by atoms with Gasteiger partial charge in [0.05, 0.1) is 12.0 Å². The van der Waals surface area contributed by atoms with E-state index in [9.17, 15) is 9.59 Å². The predicted molar refractivity (Wildman–Crippen MR) is 58.1 cm³/mol. The average Bonchev–Trinajstić information content (AvgIpc) is 2.15. The first kappa shape index (κ1) is 14.6. The Balaban J connectivity index is 4.11. The number of unbranched alkanes of at least 4 members (excludes halogenated alkanes) is 1. The third-order valence-electron chi connectivity index (χ3n) is 2.36. The summed E-state index contributed by atoms with van der Waals surface area (Å²) in [6, 6.07) is 0. The van der Waals surface area contributed by atoms with Gasteiger partial charge in [-0.3, -0.25) is 4.79 Å². The maximum Gasteiger partial charge on any atom is 0.331 e. The molecule has 0 heterocycles. The Labute approximate surface area is 94.4 Å². The monoisotopic (exact) mass is 230 g/mol. The van der Waals surface area contributed by atoms with Crippen LogP contribution in [-0.2, 0) is 9.59 Å². The lowest BCUT2D eigenvalue weighted by molar-refractivity contribution is -0.144. The fraction of sp³-hybridized carbons (Fsp3) is 0.636. The second-order valence-corrected chi connectivity index (χ2v) is 3.85. The van der Waals surface area contributed by atoms with E-state index in [4.69, 9.17) is 15.3 Å². The van der Waals surface area contributed by atoms with Gasteiger partial charge in [-0.1, -0.05) is 19.4 Å². The van der Waals surface area contributed by atoms with Crippen molar-refractivity contribution in [2.45, 2.75) is 38.7 Å². The van der Waals surface area contributed by atoms with Crippen LogP contribution in [0.1, 0.15) is 32.6 Å². The molecular weight excluding hydrogens is 212 g/mol. The summed E-state index contributed by atoms with van der Waals surface area (Å²) in [5, 5.41) is 26.5. The summed E-state index contributed by atoms with van der Waals surface area (Å²) in [4.78, 5) is 21.4. The molecular formula is C11H18O5. The minimum atomic E-state index is -1.28. The summed E-state index contributed by atoms with van der Waals surface area (Å²) in [6.45, 7) is 4.92. The van der Waals surface area contributed by atoms with E-state index in [2.05, 4.69) is 6.58 Å². The summed E-state index contributed by atoms with van der Waals surface area (Å²) in [6.07, 6.45) is 1.66. The summed E-state index contributed by atoms with van der Waals surface area (Å²) < 4.78 is 0. The van der Waals surface area contributed by atoms with Gasteiger partial charge < -0.3 is 15.3 Å². The van der Waals surface area contributed by atoms with E-state index in [1.807, 2.05) is 0 Å². The van der Waals surface area contributed by atoms with Crippen LogP contribution in [0.4, 0.5) is 0 Å². The van der Waals surface area contributed by atoms with Gasteiger partial charge in [0.15, 0.2) is 0 Å². The zero-order chi connectivity index (χ0) is 12.7. The Kier molecular flexibility index (Phi) is 6.41. The maximum absolute atomic E-state index is 10.8. The number of hydrogen-bond donors (Lipinski definition) is 3. The van der Waals surface area contributed by atoms with Gasteiger partial charge >= 0.3 is 11.9 Å². The molecule has 0 unspecified atom stereocenters. The third kappa shape index (κ3) is 5.50. The molecule has 0 saturated heterocycles. The largest absolute Gasteiger partial charge is 0.481 e. The second kappa shape index (κ2) is 7.00. The smallest absolute Gasteiger partial charge is 0.331 e. The molecule has 0 aromatic carbocycles. The fourth-order valence-corrected chi connectivity index (χ4v) is 1.38. The van der Waals surface area contributed by atoms with E-state index in [1.165, 1.54) is 0 Å². The first-order chi connectivity index (χ1) is 7.36. The van der Waals surface area contributed by atoms with Crippen molar-refractivity contribution in [2.24, 2.45) is 5.92 Å². The molecule has 2 atom stereocenters. The standard InChI is InChI=1S/C11H18O5/c1-7(12)5-3-4-6-9(11(15)16)8(2)10(13)14/h7,9,12H,2-6H2,1H3,(H,13,14)(H,15,16)/t7-,9+/m0/s1. The lowest BCUT2D eigenvalue weighted by atomic mass is 9.94. The van der Waals surface area contributed by atoms with Crippen molar-refractivity contribution < 1.29 is 24.9 Å². The van der Waals surface area contributed by atoms with Crippen LogP contribution in [0, 0.1) is 5.92 Å². The molecule has 0 radical (unpaired) electrons. The van der Waals surface area contributed by atoms with Crippen molar-refractivity contribution in [3.8, 4) is 0 Å². The second-order valence-electron chi connectivity index (χ2n) is 3.85. The van der Waals surface area contributed by atoms with Gasteiger partial charge in [-0.25, -0.2) is 4.79 Å². The van der Waals surface area contributed by atoms with Crippen LogP contribution in [0.25, 0.3) is 0 Å². The molecule has 0 aromatic rings. The molecule has 0 spiro atoms. The SMILES string of the molecule is C=C(C(=O)O)[C@@H](CCCC[C@H](C)O)C(=O)O. The van der Waals surface area contributed by atoms with E-state index in [0.717, 1.165) is 0 Å². The lowest BCUT2D eigenvalue weighted by Gasteiger charge is -2.12. The van der Waals surface area contributed by atoms with Crippen LogP contribution in [0.3, 0.4) is 0 Å². The summed E-state index contributed by atoms with van der Waals surface area (Å²) in [5.74, 6) is -3.47. The normalized spacial score (nSPS) is 14.1. The van der Waals surface area contributed by atoms with Crippen LogP contribution in [0.5, 0.6) is 0 Å². The minimum absolute atomic E-state index is 0.243. The first-order valence-electron chi connectivity index (χ1n) is 5.19. The van der Waals surface area contributed by atoms with Gasteiger partial charge in [-0.2, -0.15) is 0 Å². The highest BCUT2D eigenvalue weighted by Gasteiger charge is 2.24. The first-order valence-corrected chi connectivity index (χ1v) is 5.19. The van der Waals surface area contributed by atoms with Crippen molar-refractivity contribution in [3.05, 3.63) is 12.2 Å². The number of carboxylic acid groups (broad SMARTS) is 2. The lowest BCUT2D eigenvalue weighted by Crippen LogP contribution is -2.20. The Morgan fingerprint density at radius 1 is 1.19 bits per heavy atom. The molecule has 0 rings (SSSR count). The van der Waals surface area contributed by atoms with Gasteiger partial charge in [0.1, 0.15) is 0 Å². The molecule has 0 bridgehead atoms. The number of aliphatic carboxylic acids is 2. The van der Waals surface area contributed by atoms with Crippen molar-refractivity contribution >= 4 is 11.9 Å². The molecule has 0 aliphatic heterocycles. The Morgan fingerprint density at radius 2 is 1.69 bits per heavy atom. The van der Waals surface area contributed by atoms with Crippen molar-refractivity contribution in [2.75, 3.05) is 0 Å². The Morgan fingerprint density at radius 3 is 2.06 bits per heavy atom.